The van der Waals surface area contributed by atoms with Gasteiger partial charge in [0.2, 0.25) is 0 Å². The van der Waals surface area contributed by atoms with Crippen molar-refractivity contribution in [3.8, 4) is 5.75 Å². The van der Waals surface area contributed by atoms with Crippen LogP contribution in [0.4, 0.5) is 17.2 Å². The van der Waals surface area contributed by atoms with E-state index in [4.69, 9.17) is 4.74 Å². The van der Waals surface area contributed by atoms with Crippen LogP contribution in [0.2, 0.25) is 0 Å². The molecule has 0 unspecified atom stereocenters. The highest BCUT2D eigenvalue weighted by Crippen LogP contribution is 2.23. The maximum absolute atomic E-state index is 12.5. The number of ether oxygens (including phenoxy) is 1. The summed E-state index contributed by atoms with van der Waals surface area (Å²) < 4.78 is 5.09. The van der Waals surface area contributed by atoms with Gasteiger partial charge in [-0.25, -0.2) is 9.97 Å². The van der Waals surface area contributed by atoms with Crippen LogP contribution in [0.5, 0.6) is 5.75 Å². The summed E-state index contributed by atoms with van der Waals surface area (Å²) >= 11 is 0. The second-order valence-electron chi connectivity index (χ2n) is 6.17. The third-order valence-corrected chi connectivity index (χ3v) is 4.29. The van der Waals surface area contributed by atoms with Crippen LogP contribution in [0, 0.1) is 0 Å². The van der Waals surface area contributed by atoms with Gasteiger partial charge in [-0.15, -0.1) is 0 Å². The lowest BCUT2D eigenvalue weighted by atomic mass is 10.2. The summed E-state index contributed by atoms with van der Waals surface area (Å²) in [6.07, 6.45) is 1.36. The van der Waals surface area contributed by atoms with Crippen LogP contribution in [0.25, 0.3) is 11.0 Å². The van der Waals surface area contributed by atoms with E-state index in [9.17, 15) is 9.59 Å². The lowest BCUT2D eigenvalue weighted by Gasteiger charge is -2.10. The SMILES string of the molecule is COc1ccc(C(=O)Nc2cc3c(Nc4ccccc4)ncnc3[nH]c2=O)cc1. The van der Waals surface area contributed by atoms with Crippen molar-refractivity contribution in [2.24, 2.45) is 0 Å². The van der Waals surface area contributed by atoms with E-state index in [1.807, 2.05) is 30.3 Å². The predicted octanol–water partition coefficient (Wildman–Crippen LogP) is 3.32. The molecule has 0 bridgehead atoms. The van der Waals surface area contributed by atoms with Crippen LogP contribution >= 0.6 is 0 Å². The van der Waals surface area contributed by atoms with Crippen LogP contribution in [-0.2, 0) is 0 Å². The normalized spacial score (nSPS) is 10.5. The smallest absolute Gasteiger partial charge is 0.273 e. The fraction of sp³-hybridized carbons (Fsp3) is 0.0476. The van der Waals surface area contributed by atoms with E-state index >= 15 is 0 Å². The third kappa shape index (κ3) is 3.91. The van der Waals surface area contributed by atoms with Gasteiger partial charge in [0.25, 0.3) is 11.5 Å². The Bertz CT molecular complexity index is 1220. The zero-order chi connectivity index (χ0) is 20.2. The highest BCUT2D eigenvalue weighted by Gasteiger charge is 2.13. The fourth-order valence-electron chi connectivity index (χ4n) is 2.80. The van der Waals surface area contributed by atoms with Gasteiger partial charge in [-0.2, -0.15) is 0 Å². The average Bonchev–Trinajstić information content (AvgIpc) is 2.75. The Kier molecular flexibility index (Phi) is 4.90. The Labute approximate surface area is 165 Å². The van der Waals surface area contributed by atoms with Crippen molar-refractivity contribution < 1.29 is 9.53 Å². The number of methoxy groups -OCH3 is 1. The zero-order valence-corrected chi connectivity index (χ0v) is 15.5. The number of aromatic amines is 1. The number of H-pyrrole nitrogens is 1. The summed E-state index contributed by atoms with van der Waals surface area (Å²) in [5.74, 6) is 0.739. The maximum Gasteiger partial charge on any atom is 0.273 e. The first-order valence-electron chi connectivity index (χ1n) is 8.79. The molecule has 0 atom stereocenters. The van der Waals surface area contributed by atoms with Crippen LogP contribution in [0.3, 0.4) is 0 Å². The van der Waals surface area contributed by atoms with Crippen LogP contribution < -0.4 is 20.9 Å². The summed E-state index contributed by atoms with van der Waals surface area (Å²) in [7, 11) is 1.55. The van der Waals surface area contributed by atoms with Gasteiger partial charge in [0.05, 0.1) is 12.5 Å². The number of rotatable bonds is 5. The number of carbonyl (C=O) groups is 1. The molecule has 2 aromatic carbocycles. The van der Waals surface area contributed by atoms with E-state index in [1.165, 1.54) is 6.33 Å². The quantitative estimate of drug-likeness (QED) is 0.485. The number of amides is 1. The number of nitrogens with zero attached hydrogens (tertiary/aromatic N) is 2. The summed E-state index contributed by atoms with van der Waals surface area (Å²) in [5, 5.41) is 6.40. The van der Waals surface area contributed by atoms with E-state index in [0.717, 1.165) is 5.69 Å². The zero-order valence-electron chi connectivity index (χ0n) is 15.5. The fourth-order valence-corrected chi connectivity index (χ4v) is 2.80. The minimum absolute atomic E-state index is 0.101. The topological polar surface area (TPSA) is 109 Å². The number of anilines is 3. The highest BCUT2D eigenvalue weighted by molar-refractivity contribution is 6.05. The number of hydrogen-bond acceptors (Lipinski definition) is 6. The van der Waals surface area contributed by atoms with Crippen molar-refractivity contribution in [3.63, 3.8) is 0 Å². The van der Waals surface area contributed by atoms with Crippen molar-refractivity contribution in [2.75, 3.05) is 17.7 Å². The second-order valence-corrected chi connectivity index (χ2v) is 6.17. The number of aromatic nitrogens is 3. The summed E-state index contributed by atoms with van der Waals surface area (Å²) in [6, 6.07) is 17.6. The minimum atomic E-state index is -0.455. The lowest BCUT2D eigenvalue weighted by molar-refractivity contribution is 0.102. The van der Waals surface area contributed by atoms with Crippen molar-refractivity contribution in [1.82, 2.24) is 15.0 Å². The predicted molar refractivity (Wildman–Crippen MR) is 111 cm³/mol. The number of hydrogen-bond donors (Lipinski definition) is 3. The van der Waals surface area contributed by atoms with Gasteiger partial charge < -0.3 is 20.4 Å². The minimum Gasteiger partial charge on any atom is -0.497 e. The van der Waals surface area contributed by atoms with Gasteiger partial charge in [-0.1, -0.05) is 18.2 Å². The van der Waals surface area contributed by atoms with Gasteiger partial charge >= 0.3 is 0 Å². The maximum atomic E-state index is 12.5. The first-order valence-corrected chi connectivity index (χ1v) is 8.79. The molecule has 8 nitrogen and oxygen atoms in total. The monoisotopic (exact) mass is 387 g/mol. The molecule has 0 aliphatic heterocycles. The van der Waals surface area contributed by atoms with Crippen molar-refractivity contribution in [2.45, 2.75) is 0 Å². The molecule has 1 amide bonds. The number of benzene rings is 2. The molecule has 0 fully saturated rings. The Morgan fingerprint density at radius 1 is 1.03 bits per heavy atom. The molecular formula is C21H17N5O3. The second kappa shape index (κ2) is 7.81. The van der Waals surface area contributed by atoms with Gasteiger partial charge in [0.15, 0.2) is 0 Å². The highest BCUT2D eigenvalue weighted by atomic mass is 16.5. The van der Waals surface area contributed by atoms with Crippen LogP contribution in [-0.4, -0.2) is 28.0 Å². The van der Waals surface area contributed by atoms with Gasteiger partial charge in [0.1, 0.15) is 29.2 Å². The molecule has 3 N–H and O–H groups in total. The Hall–Kier alpha value is -4.20. The molecule has 2 heterocycles. The van der Waals surface area contributed by atoms with Crippen molar-refractivity contribution in [3.05, 3.63) is 82.9 Å². The molecule has 2 aromatic heterocycles. The van der Waals surface area contributed by atoms with E-state index in [1.54, 1.807) is 37.4 Å². The van der Waals surface area contributed by atoms with E-state index in [2.05, 4.69) is 25.6 Å². The van der Waals surface area contributed by atoms with Gasteiger partial charge in [0, 0.05) is 11.3 Å². The Morgan fingerprint density at radius 2 is 1.79 bits per heavy atom. The molecule has 0 saturated heterocycles. The molecule has 0 aliphatic carbocycles. The van der Waals surface area contributed by atoms with Crippen molar-refractivity contribution in [1.29, 1.82) is 0 Å². The molecule has 0 radical (unpaired) electrons. The Morgan fingerprint density at radius 3 is 2.52 bits per heavy atom. The molecule has 4 rings (SSSR count). The average molecular weight is 387 g/mol. The first kappa shape index (κ1) is 18.2. The van der Waals surface area contributed by atoms with Crippen LogP contribution in [0.1, 0.15) is 10.4 Å². The van der Waals surface area contributed by atoms with E-state index in [-0.39, 0.29) is 5.69 Å². The largest absolute Gasteiger partial charge is 0.497 e. The molecule has 144 valence electrons. The standard InChI is InChI=1S/C21H17N5O3/c1-29-15-9-7-13(8-10-15)20(27)25-17-11-16-18(24-14-5-3-2-4-6-14)22-12-23-19(16)26-21(17)28/h2-12H,1H3,(H,25,27)(H2,22,23,24,26,28). The third-order valence-electron chi connectivity index (χ3n) is 4.29. The molecular weight excluding hydrogens is 370 g/mol. The summed E-state index contributed by atoms with van der Waals surface area (Å²) in [6.45, 7) is 0. The molecule has 0 saturated carbocycles. The molecule has 0 spiro atoms. The van der Waals surface area contributed by atoms with E-state index < -0.39 is 11.5 Å². The Balaban J connectivity index is 1.67. The lowest BCUT2D eigenvalue weighted by Crippen LogP contribution is -2.20. The first-order chi connectivity index (χ1) is 14.1. The number of fused-ring (bicyclic) bond motifs is 1. The molecule has 0 aliphatic rings. The summed E-state index contributed by atoms with van der Waals surface area (Å²) in [5.41, 5.74) is 1.25. The van der Waals surface area contributed by atoms with E-state index in [0.29, 0.717) is 28.2 Å². The molecule has 8 heteroatoms. The van der Waals surface area contributed by atoms with Gasteiger partial charge in [-0.3, -0.25) is 9.59 Å². The number of pyridine rings is 1. The number of carbonyl (C=O) groups excluding carboxylic acids is 1. The summed E-state index contributed by atoms with van der Waals surface area (Å²) in [4.78, 5) is 36.0. The van der Waals surface area contributed by atoms with Gasteiger partial charge in [-0.05, 0) is 42.5 Å². The molecule has 29 heavy (non-hydrogen) atoms. The van der Waals surface area contributed by atoms with Crippen molar-refractivity contribution >= 4 is 34.1 Å². The number of para-hydroxylation sites is 1. The molecule has 4 aromatic rings. The number of nitrogens with one attached hydrogen (secondary N) is 3. The van der Waals surface area contributed by atoms with Crippen LogP contribution in [0.15, 0.2) is 71.8 Å².